The third-order valence-corrected chi connectivity index (χ3v) is 2.50. The summed E-state index contributed by atoms with van der Waals surface area (Å²) in [5.74, 6) is -0.353. The lowest BCUT2D eigenvalue weighted by molar-refractivity contribution is -0.117. The average Bonchev–Trinajstić information content (AvgIpc) is 2.58. The molecule has 1 N–H and O–H groups in total. The van der Waals surface area contributed by atoms with E-state index in [9.17, 15) is 9.59 Å². The number of nitrogens with zero attached hydrogens (tertiary/aromatic N) is 2. The molecule has 1 aliphatic heterocycles. The molecule has 1 aromatic rings. The lowest BCUT2D eigenvalue weighted by atomic mass is 10.2. The maximum Gasteiger partial charge on any atom is 0.296 e. The summed E-state index contributed by atoms with van der Waals surface area (Å²) in [6.07, 6.45) is 1.74. The van der Waals surface area contributed by atoms with Gasteiger partial charge in [0.1, 0.15) is 5.70 Å². The van der Waals surface area contributed by atoms with Crippen LogP contribution in [0.3, 0.4) is 0 Å². The van der Waals surface area contributed by atoms with Gasteiger partial charge in [0, 0.05) is 14.0 Å². The summed E-state index contributed by atoms with van der Waals surface area (Å²) in [7, 11) is 1.69. The molecule has 0 radical (unpaired) electrons. The van der Waals surface area contributed by atoms with E-state index < -0.39 is 0 Å². The highest BCUT2D eigenvalue weighted by atomic mass is 16.2. The van der Waals surface area contributed by atoms with E-state index in [2.05, 4.69) is 10.3 Å². The number of rotatable bonds is 1. The molecule has 0 aromatic heterocycles. The molecule has 0 aliphatic carbocycles. The fraction of sp³-hybridized carbons (Fsp3) is 0.154. The van der Waals surface area contributed by atoms with Crippen LogP contribution in [-0.2, 0) is 9.59 Å². The molecule has 0 atom stereocenters. The van der Waals surface area contributed by atoms with Gasteiger partial charge in [0.25, 0.3) is 5.91 Å². The summed E-state index contributed by atoms with van der Waals surface area (Å²) in [6.45, 7) is 1.37. The minimum absolute atomic E-state index is 0.255. The number of amides is 2. The molecular formula is C13H13N3O2. The first-order valence-corrected chi connectivity index (χ1v) is 5.49. The molecule has 0 fully saturated rings. The van der Waals surface area contributed by atoms with Crippen molar-refractivity contribution in [1.29, 1.82) is 0 Å². The molecule has 92 valence electrons. The van der Waals surface area contributed by atoms with Gasteiger partial charge in [-0.1, -0.05) is 30.3 Å². The lowest BCUT2D eigenvalue weighted by Gasteiger charge is -2.14. The summed E-state index contributed by atoms with van der Waals surface area (Å²) in [6, 6.07) is 9.47. The second-order valence-corrected chi connectivity index (χ2v) is 3.92. The highest BCUT2D eigenvalue weighted by Crippen LogP contribution is 2.16. The average molecular weight is 243 g/mol. The summed E-state index contributed by atoms with van der Waals surface area (Å²) >= 11 is 0. The molecule has 0 bridgehead atoms. The van der Waals surface area contributed by atoms with Crippen molar-refractivity contribution in [2.45, 2.75) is 6.92 Å². The number of hydrogen-bond acceptors (Lipinski definition) is 3. The van der Waals surface area contributed by atoms with Crippen LogP contribution in [-0.4, -0.2) is 29.7 Å². The van der Waals surface area contributed by atoms with Crippen LogP contribution in [0.2, 0.25) is 0 Å². The van der Waals surface area contributed by atoms with Gasteiger partial charge < -0.3 is 4.90 Å². The zero-order valence-electron chi connectivity index (χ0n) is 10.2. The second-order valence-electron chi connectivity index (χ2n) is 3.92. The number of carbonyl (C=O) groups excluding carboxylic acids is 2. The molecule has 18 heavy (non-hydrogen) atoms. The van der Waals surface area contributed by atoms with E-state index in [1.807, 2.05) is 30.3 Å². The van der Waals surface area contributed by atoms with E-state index in [4.69, 9.17) is 0 Å². The third-order valence-electron chi connectivity index (χ3n) is 2.50. The number of aliphatic imine (C=N–C) groups is 1. The Bertz CT molecular complexity index is 547. The van der Waals surface area contributed by atoms with Crippen molar-refractivity contribution in [2.75, 3.05) is 7.05 Å². The van der Waals surface area contributed by atoms with Crippen LogP contribution in [0.1, 0.15) is 12.5 Å². The van der Waals surface area contributed by atoms with Gasteiger partial charge in [-0.15, -0.1) is 0 Å². The third kappa shape index (κ3) is 2.45. The van der Waals surface area contributed by atoms with Crippen molar-refractivity contribution in [1.82, 2.24) is 10.2 Å². The number of likely N-dealkylation sites (N-methyl/N-ethyl adjacent to an activating group) is 1. The van der Waals surface area contributed by atoms with Crippen molar-refractivity contribution in [3.05, 3.63) is 41.6 Å². The number of benzene rings is 1. The van der Waals surface area contributed by atoms with Crippen LogP contribution in [0, 0.1) is 0 Å². The van der Waals surface area contributed by atoms with E-state index in [1.54, 1.807) is 18.0 Å². The molecule has 0 spiro atoms. The topological polar surface area (TPSA) is 61.8 Å². The summed E-state index contributed by atoms with van der Waals surface area (Å²) < 4.78 is 0. The van der Waals surface area contributed by atoms with Gasteiger partial charge in [-0.25, -0.2) is 0 Å². The Morgan fingerprint density at radius 3 is 2.61 bits per heavy atom. The molecular weight excluding hydrogens is 230 g/mol. The molecule has 5 heteroatoms. The Labute approximate surface area is 105 Å². The number of guanidine groups is 1. The fourth-order valence-electron chi connectivity index (χ4n) is 1.62. The van der Waals surface area contributed by atoms with Crippen LogP contribution < -0.4 is 5.32 Å². The SMILES string of the molecule is CC(=O)NC1=NC(=O)C(=Cc2ccccc2)N1C. The quantitative estimate of drug-likeness (QED) is 0.748. The summed E-state index contributed by atoms with van der Waals surface area (Å²) in [5.41, 5.74) is 1.34. The maximum atomic E-state index is 11.7. The monoisotopic (exact) mass is 243 g/mol. The van der Waals surface area contributed by atoms with Gasteiger partial charge in [-0.2, -0.15) is 4.99 Å². The minimum atomic E-state index is -0.356. The largest absolute Gasteiger partial charge is 0.310 e. The fourth-order valence-corrected chi connectivity index (χ4v) is 1.62. The van der Waals surface area contributed by atoms with Crippen LogP contribution in [0.25, 0.3) is 6.08 Å². The summed E-state index contributed by atoms with van der Waals surface area (Å²) in [5, 5.41) is 2.51. The highest BCUT2D eigenvalue weighted by molar-refractivity contribution is 6.15. The maximum absolute atomic E-state index is 11.7. The van der Waals surface area contributed by atoms with E-state index >= 15 is 0 Å². The van der Waals surface area contributed by atoms with E-state index in [-0.39, 0.29) is 17.8 Å². The van der Waals surface area contributed by atoms with Crippen LogP contribution in [0.5, 0.6) is 0 Å². The number of nitrogens with one attached hydrogen (secondary N) is 1. The zero-order chi connectivity index (χ0) is 13.1. The smallest absolute Gasteiger partial charge is 0.296 e. The van der Waals surface area contributed by atoms with Crippen LogP contribution in [0.15, 0.2) is 41.0 Å². The van der Waals surface area contributed by atoms with Crippen LogP contribution in [0.4, 0.5) is 0 Å². The van der Waals surface area contributed by atoms with Crippen LogP contribution >= 0.6 is 0 Å². The molecule has 1 heterocycles. The van der Waals surface area contributed by atoms with Gasteiger partial charge in [0.05, 0.1) is 0 Å². The first kappa shape index (κ1) is 12.0. The molecule has 2 rings (SSSR count). The standard InChI is InChI=1S/C13H13N3O2/c1-9(17)14-13-15-12(18)11(16(13)2)8-10-6-4-3-5-7-10/h3-8H,1-2H3,(H,14,15,17,18). The van der Waals surface area contributed by atoms with Gasteiger partial charge in [-0.3, -0.25) is 14.9 Å². The molecule has 0 saturated heterocycles. The Kier molecular flexibility index (Phi) is 3.23. The second kappa shape index (κ2) is 4.83. The molecule has 1 aliphatic rings. The summed E-state index contributed by atoms with van der Waals surface area (Å²) in [4.78, 5) is 28.1. The van der Waals surface area contributed by atoms with Gasteiger partial charge in [0.15, 0.2) is 0 Å². The molecule has 0 unspecified atom stereocenters. The van der Waals surface area contributed by atoms with Crippen molar-refractivity contribution in [2.24, 2.45) is 4.99 Å². The highest BCUT2D eigenvalue weighted by Gasteiger charge is 2.26. The first-order chi connectivity index (χ1) is 8.58. The molecule has 2 amide bonds. The predicted molar refractivity (Wildman–Crippen MR) is 68.4 cm³/mol. The first-order valence-electron chi connectivity index (χ1n) is 5.49. The van der Waals surface area contributed by atoms with Gasteiger partial charge >= 0.3 is 0 Å². The molecule has 1 aromatic carbocycles. The normalized spacial score (nSPS) is 17.0. The van der Waals surface area contributed by atoms with Crippen molar-refractivity contribution < 1.29 is 9.59 Å². The van der Waals surface area contributed by atoms with Crippen molar-refractivity contribution in [3.8, 4) is 0 Å². The van der Waals surface area contributed by atoms with Gasteiger partial charge in [-0.05, 0) is 11.6 Å². The minimum Gasteiger partial charge on any atom is -0.310 e. The Morgan fingerprint density at radius 1 is 1.33 bits per heavy atom. The van der Waals surface area contributed by atoms with E-state index in [1.165, 1.54) is 6.92 Å². The zero-order valence-corrected chi connectivity index (χ0v) is 10.2. The van der Waals surface area contributed by atoms with Crippen molar-refractivity contribution >= 4 is 23.8 Å². The van der Waals surface area contributed by atoms with Gasteiger partial charge in [0.2, 0.25) is 11.9 Å². The van der Waals surface area contributed by atoms with E-state index in [0.29, 0.717) is 5.70 Å². The predicted octanol–water partition coefficient (Wildman–Crippen LogP) is 0.992. The Balaban J connectivity index is 2.25. The molecule has 0 saturated carbocycles. The number of hydrogen-bond donors (Lipinski definition) is 1. The van der Waals surface area contributed by atoms with Crippen molar-refractivity contribution in [3.63, 3.8) is 0 Å². The van der Waals surface area contributed by atoms with E-state index in [0.717, 1.165) is 5.56 Å². The lowest BCUT2D eigenvalue weighted by Crippen LogP contribution is -2.37. The Morgan fingerprint density at radius 2 is 2.00 bits per heavy atom. The number of carbonyl (C=O) groups is 2. The molecule has 5 nitrogen and oxygen atoms in total. The Hall–Kier alpha value is -2.43.